The molecule has 3 rings (SSSR count). The number of hydrogen-bond donors (Lipinski definition) is 2. The van der Waals surface area contributed by atoms with Crippen molar-refractivity contribution in [3.8, 4) is 0 Å². The van der Waals surface area contributed by atoms with Crippen LogP contribution in [0.4, 0.5) is 5.00 Å². The SMILES string of the molecule is CCc1cc(C(=O)OC)c(NC(=O)[C@@H]2[C@@H](C(=O)O)[C@H]3C=C[C@H]2C3)s1. The zero-order valence-corrected chi connectivity index (χ0v) is 14.3. The van der Waals surface area contributed by atoms with Crippen molar-refractivity contribution in [2.75, 3.05) is 12.4 Å². The lowest BCUT2D eigenvalue weighted by Gasteiger charge is -2.23. The first-order valence-corrected chi connectivity index (χ1v) is 8.70. The molecule has 0 radical (unpaired) electrons. The Morgan fingerprint density at radius 2 is 1.96 bits per heavy atom. The number of hydrogen-bond acceptors (Lipinski definition) is 5. The Labute approximate surface area is 143 Å². The summed E-state index contributed by atoms with van der Waals surface area (Å²) < 4.78 is 4.76. The lowest BCUT2D eigenvalue weighted by atomic mass is 9.82. The van der Waals surface area contributed by atoms with E-state index in [-0.39, 0.29) is 17.7 Å². The lowest BCUT2D eigenvalue weighted by molar-refractivity contribution is -0.146. The molecule has 0 spiro atoms. The van der Waals surface area contributed by atoms with E-state index < -0.39 is 23.8 Å². The van der Waals surface area contributed by atoms with E-state index in [0.717, 1.165) is 11.3 Å². The monoisotopic (exact) mass is 349 g/mol. The average molecular weight is 349 g/mol. The number of allylic oxidation sites excluding steroid dienone is 2. The van der Waals surface area contributed by atoms with Gasteiger partial charge < -0.3 is 15.2 Å². The molecule has 128 valence electrons. The van der Waals surface area contributed by atoms with Gasteiger partial charge in [-0.05, 0) is 30.7 Å². The topological polar surface area (TPSA) is 92.7 Å². The highest BCUT2D eigenvalue weighted by molar-refractivity contribution is 7.16. The van der Waals surface area contributed by atoms with Gasteiger partial charge in [-0.25, -0.2) is 4.79 Å². The number of thiophene rings is 1. The van der Waals surface area contributed by atoms with Gasteiger partial charge in [0.05, 0.1) is 24.5 Å². The standard InChI is InChI=1S/C17H19NO5S/c1-3-10-7-11(17(22)23-2)15(24-10)18-14(19)12-8-4-5-9(6-8)13(12)16(20)21/h4-5,7-9,12-13H,3,6H2,1-2H3,(H,18,19)(H,20,21)/t8-,9-,12-,13-/m0/s1. The van der Waals surface area contributed by atoms with Crippen molar-refractivity contribution in [1.82, 2.24) is 0 Å². The quantitative estimate of drug-likeness (QED) is 0.629. The second-order valence-corrected chi connectivity index (χ2v) is 7.26. The van der Waals surface area contributed by atoms with Gasteiger partial charge in [0.2, 0.25) is 5.91 Å². The van der Waals surface area contributed by atoms with Gasteiger partial charge in [0.25, 0.3) is 0 Å². The van der Waals surface area contributed by atoms with Crippen molar-refractivity contribution in [3.05, 3.63) is 28.7 Å². The number of aryl methyl sites for hydroxylation is 1. The predicted octanol–water partition coefficient (Wildman–Crippen LogP) is 2.56. The maximum absolute atomic E-state index is 12.7. The number of methoxy groups -OCH3 is 1. The van der Waals surface area contributed by atoms with Gasteiger partial charge in [-0.3, -0.25) is 9.59 Å². The third kappa shape index (κ3) is 2.73. The Balaban J connectivity index is 1.85. The van der Waals surface area contributed by atoms with Crippen LogP contribution in [-0.2, 0) is 20.7 Å². The maximum Gasteiger partial charge on any atom is 0.340 e. The summed E-state index contributed by atoms with van der Waals surface area (Å²) in [6.45, 7) is 1.96. The summed E-state index contributed by atoms with van der Waals surface area (Å²) in [4.78, 5) is 37.1. The summed E-state index contributed by atoms with van der Waals surface area (Å²) in [5.41, 5.74) is 0.318. The van der Waals surface area contributed by atoms with E-state index >= 15 is 0 Å². The highest BCUT2D eigenvalue weighted by Crippen LogP contribution is 2.48. The first kappa shape index (κ1) is 16.7. The second-order valence-electron chi connectivity index (χ2n) is 6.13. The van der Waals surface area contributed by atoms with Gasteiger partial charge >= 0.3 is 11.9 Å². The minimum atomic E-state index is -0.944. The van der Waals surface area contributed by atoms with Crippen LogP contribution >= 0.6 is 11.3 Å². The minimum absolute atomic E-state index is 0.0525. The molecule has 1 aromatic heterocycles. The van der Waals surface area contributed by atoms with Crippen LogP contribution in [0.3, 0.4) is 0 Å². The summed E-state index contributed by atoms with van der Waals surface area (Å²) in [6.07, 6.45) is 5.26. The first-order chi connectivity index (χ1) is 11.5. The molecule has 0 unspecified atom stereocenters. The van der Waals surface area contributed by atoms with Crippen LogP contribution in [0.25, 0.3) is 0 Å². The number of ether oxygens (including phenoxy) is 1. The van der Waals surface area contributed by atoms with Gasteiger partial charge in [0.1, 0.15) is 5.00 Å². The Kier molecular flexibility index (Phi) is 4.45. The smallest absolute Gasteiger partial charge is 0.340 e. The third-order valence-corrected chi connectivity index (χ3v) is 6.02. The van der Waals surface area contributed by atoms with Crippen molar-refractivity contribution in [2.24, 2.45) is 23.7 Å². The van der Waals surface area contributed by atoms with Crippen molar-refractivity contribution in [1.29, 1.82) is 0 Å². The lowest BCUT2D eigenvalue weighted by Crippen LogP contribution is -2.36. The fourth-order valence-electron chi connectivity index (χ4n) is 3.68. The molecule has 6 nitrogen and oxygen atoms in total. The molecule has 0 saturated heterocycles. The molecule has 1 saturated carbocycles. The molecule has 4 atom stereocenters. The largest absolute Gasteiger partial charge is 0.481 e. The summed E-state index contributed by atoms with van der Waals surface area (Å²) >= 11 is 1.32. The number of nitrogens with one attached hydrogen (secondary N) is 1. The Morgan fingerprint density at radius 1 is 1.29 bits per heavy atom. The molecule has 0 aliphatic heterocycles. The van der Waals surface area contributed by atoms with Crippen molar-refractivity contribution < 1.29 is 24.2 Å². The van der Waals surface area contributed by atoms with E-state index in [9.17, 15) is 19.5 Å². The molecule has 7 heteroatoms. The van der Waals surface area contributed by atoms with Crippen LogP contribution in [0.2, 0.25) is 0 Å². The predicted molar refractivity (Wildman–Crippen MR) is 89.0 cm³/mol. The van der Waals surface area contributed by atoms with E-state index in [0.29, 0.717) is 17.0 Å². The summed E-state index contributed by atoms with van der Waals surface area (Å²) in [5.74, 6) is -3.23. The van der Waals surface area contributed by atoms with Crippen molar-refractivity contribution >= 4 is 34.2 Å². The number of carbonyl (C=O) groups excluding carboxylic acids is 2. The zero-order chi connectivity index (χ0) is 17.4. The molecule has 1 heterocycles. The normalized spacial score (nSPS) is 27.2. The third-order valence-electron chi connectivity index (χ3n) is 4.82. The van der Waals surface area contributed by atoms with Gasteiger partial charge in [-0.15, -0.1) is 11.3 Å². The van der Waals surface area contributed by atoms with Gasteiger partial charge in [-0.1, -0.05) is 19.1 Å². The molecule has 24 heavy (non-hydrogen) atoms. The van der Waals surface area contributed by atoms with E-state index in [2.05, 4.69) is 5.32 Å². The van der Waals surface area contributed by atoms with Crippen LogP contribution in [0.1, 0.15) is 28.6 Å². The van der Waals surface area contributed by atoms with Crippen LogP contribution in [0.5, 0.6) is 0 Å². The van der Waals surface area contributed by atoms with Gasteiger partial charge in [0.15, 0.2) is 0 Å². The number of esters is 1. The van der Waals surface area contributed by atoms with Gasteiger partial charge in [-0.2, -0.15) is 0 Å². The van der Waals surface area contributed by atoms with Crippen molar-refractivity contribution in [2.45, 2.75) is 19.8 Å². The average Bonchev–Trinajstić information content (AvgIpc) is 3.27. The number of carboxylic acids is 1. The number of anilines is 1. The van der Waals surface area contributed by atoms with Crippen LogP contribution in [-0.4, -0.2) is 30.1 Å². The molecular weight excluding hydrogens is 330 g/mol. The van der Waals surface area contributed by atoms with E-state index in [1.54, 1.807) is 6.07 Å². The van der Waals surface area contributed by atoms with E-state index in [4.69, 9.17) is 4.74 Å². The molecule has 1 amide bonds. The number of aliphatic carboxylic acids is 1. The molecule has 1 aromatic rings. The van der Waals surface area contributed by atoms with Gasteiger partial charge in [0, 0.05) is 4.88 Å². The maximum atomic E-state index is 12.7. The molecular formula is C17H19NO5S. The zero-order valence-electron chi connectivity index (χ0n) is 13.4. The highest BCUT2D eigenvalue weighted by atomic mass is 32.1. The fraction of sp³-hybridized carbons (Fsp3) is 0.471. The number of carboxylic acid groups (broad SMARTS) is 1. The van der Waals surface area contributed by atoms with E-state index in [1.165, 1.54) is 18.4 Å². The molecule has 0 aromatic carbocycles. The van der Waals surface area contributed by atoms with Crippen LogP contribution < -0.4 is 5.32 Å². The number of amides is 1. The molecule has 2 aliphatic carbocycles. The molecule has 2 aliphatic rings. The summed E-state index contributed by atoms with van der Waals surface area (Å²) in [6, 6.07) is 1.71. The summed E-state index contributed by atoms with van der Waals surface area (Å²) in [5, 5.41) is 12.7. The van der Waals surface area contributed by atoms with Crippen LogP contribution in [0, 0.1) is 23.7 Å². The molecule has 2 bridgehead atoms. The minimum Gasteiger partial charge on any atom is -0.481 e. The fourth-order valence-corrected chi connectivity index (χ4v) is 4.67. The van der Waals surface area contributed by atoms with E-state index in [1.807, 2.05) is 19.1 Å². The molecule has 1 fully saturated rings. The van der Waals surface area contributed by atoms with Crippen LogP contribution in [0.15, 0.2) is 18.2 Å². The summed E-state index contributed by atoms with van der Waals surface area (Å²) in [7, 11) is 1.29. The number of rotatable bonds is 5. The number of carbonyl (C=O) groups is 3. The second kappa shape index (κ2) is 6.39. The first-order valence-electron chi connectivity index (χ1n) is 7.89. The number of fused-ring (bicyclic) bond motifs is 2. The Hall–Kier alpha value is -2.15. The molecule has 2 N–H and O–H groups in total. The van der Waals surface area contributed by atoms with Crippen molar-refractivity contribution in [3.63, 3.8) is 0 Å². The Bertz CT molecular complexity index is 723. The highest BCUT2D eigenvalue weighted by Gasteiger charge is 2.51. The Morgan fingerprint density at radius 3 is 2.54 bits per heavy atom.